The van der Waals surface area contributed by atoms with Crippen molar-refractivity contribution in [1.82, 2.24) is 0 Å². The molecule has 0 aromatic heterocycles. The predicted octanol–water partition coefficient (Wildman–Crippen LogP) is 4.23. The second-order valence-corrected chi connectivity index (χ2v) is 5.99. The van der Waals surface area contributed by atoms with Gasteiger partial charge < -0.3 is 15.2 Å². The molecule has 2 aliphatic rings. The summed E-state index contributed by atoms with van der Waals surface area (Å²) in [6.45, 7) is 0. The lowest BCUT2D eigenvalue weighted by atomic mass is 9.77. The van der Waals surface area contributed by atoms with E-state index in [1.54, 1.807) is 13.2 Å². The third-order valence-corrected chi connectivity index (χ3v) is 4.82. The minimum absolute atomic E-state index is 0.216. The molecule has 1 heterocycles. The number of allylic oxidation sites excluding steroid dienone is 2. The van der Waals surface area contributed by atoms with Crippen LogP contribution < -0.4 is 10.1 Å². The third-order valence-electron chi connectivity index (χ3n) is 4.82. The minimum atomic E-state index is 0.216. The van der Waals surface area contributed by atoms with E-state index in [1.807, 2.05) is 24.3 Å². The number of anilines is 1. The molecule has 3 unspecified atom stereocenters. The molecule has 1 aliphatic heterocycles. The SMILES string of the molecule is COc1ccccc1C1Nc2ccc(O)cc2C2C=CCC21. The van der Waals surface area contributed by atoms with E-state index in [4.69, 9.17) is 4.74 Å². The summed E-state index contributed by atoms with van der Waals surface area (Å²) in [5, 5.41) is 13.5. The van der Waals surface area contributed by atoms with Crippen molar-refractivity contribution in [3.8, 4) is 11.5 Å². The number of para-hydroxylation sites is 1. The number of phenolic OH excluding ortho intramolecular Hbond substituents is 1. The summed E-state index contributed by atoms with van der Waals surface area (Å²) in [7, 11) is 1.72. The van der Waals surface area contributed by atoms with Gasteiger partial charge >= 0.3 is 0 Å². The van der Waals surface area contributed by atoms with Crippen LogP contribution in [0.2, 0.25) is 0 Å². The number of benzene rings is 2. The van der Waals surface area contributed by atoms with Crippen LogP contribution in [0, 0.1) is 5.92 Å². The zero-order valence-electron chi connectivity index (χ0n) is 12.5. The number of hydrogen-bond acceptors (Lipinski definition) is 3. The highest BCUT2D eigenvalue weighted by atomic mass is 16.5. The van der Waals surface area contributed by atoms with Gasteiger partial charge in [-0.25, -0.2) is 0 Å². The summed E-state index contributed by atoms with van der Waals surface area (Å²) in [6, 6.07) is 14.0. The molecule has 0 fully saturated rings. The van der Waals surface area contributed by atoms with Gasteiger partial charge in [0.2, 0.25) is 0 Å². The molecule has 22 heavy (non-hydrogen) atoms. The predicted molar refractivity (Wildman–Crippen MR) is 87.5 cm³/mol. The second-order valence-electron chi connectivity index (χ2n) is 5.99. The Kier molecular flexibility index (Phi) is 3.07. The molecule has 2 aromatic rings. The number of aromatic hydroxyl groups is 1. The molecule has 3 atom stereocenters. The number of rotatable bonds is 2. The normalized spacial score (nSPS) is 25.2. The molecule has 0 saturated heterocycles. The van der Waals surface area contributed by atoms with Crippen LogP contribution in [0.3, 0.4) is 0 Å². The van der Waals surface area contributed by atoms with Crippen molar-refractivity contribution in [3.05, 3.63) is 65.7 Å². The first-order valence-electron chi connectivity index (χ1n) is 7.67. The molecule has 2 aromatic carbocycles. The topological polar surface area (TPSA) is 41.5 Å². The van der Waals surface area contributed by atoms with Crippen molar-refractivity contribution < 1.29 is 9.84 Å². The zero-order chi connectivity index (χ0) is 15.1. The van der Waals surface area contributed by atoms with Crippen LogP contribution in [-0.2, 0) is 0 Å². The summed E-state index contributed by atoms with van der Waals surface area (Å²) in [4.78, 5) is 0. The summed E-state index contributed by atoms with van der Waals surface area (Å²) >= 11 is 0. The van der Waals surface area contributed by atoms with Crippen molar-refractivity contribution in [1.29, 1.82) is 0 Å². The minimum Gasteiger partial charge on any atom is -0.508 e. The van der Waals surface area contributed by atoms with Crippen LogP contribution >= 0.6 is 0 Å². The van der Waals surface area contributed by atoms with Crippen LogP contribution in [0.4, 0.5) is 5.69 Å². The maximum absolute atomic E-state index is 9.80. The molecule has 4 rings (SSSR count). The van der Waals surface area contributed by atoms with Crippen molar-refractivity contribution >= 4 is 5.69 Å². The average Bonchev–Trinajstić information content (AvgIpc) is 3.04. The first kappa shape index (κ1) is 13.3. The Morgan fingerprint density at radius 3 is 2.86 bits per heavy atom. The van der Waals surface area contributed by atoms with Crippen LogP contribution in [-0.4, -0.2) is 12.2 Å². The molecule has 1 aliphatic carbocycles. The third kappa shape index (κ3) is 1.97. The number of hydrogen-bond donors (Lipinski definition) is 2. The highest BCUT2D eigenvalue weighted by Gasteiger charge is 2.38. The van der Waals surface area contributed by atoms with Gasteiger partial charge in [0.15, 0.2) is 0 Å². The van der Waals surface area contributed by atoms with Gasteiger partial charge in [0.1, 0.15) is 11.5 Å². The molecule has 0 spiro atoms. The molecule has 3 heteroatoms. The zero-order valence-corrected chi connectivity index (χ0v) is 12.5. The number of phenols is 1. The Balaban J connectivity index is 1.81. The van der Waals surface area contributed by atoms with Gasteiger partial charge in [0, 0.05) is 17.2 Å². The summed E-state index contributed by atoms with van der Waals surface area (Å²) < 4.78 is 5.55. The van der Waals surface area contributed by atoms with E-state index < -0.39 is 0 Å². The van der Waals surface area contributed by atoms with Gasteiger partial charge in [0.05, 0.1) is 13.2 Å². The molecule has 0 radical (unpaired) electrons. The van der Waals surface area contributed by atoms with E-state index in [1.165, 1.54) is 11.1 Å². The Morgan fingerprint density at radius 1 is 1.14 bits per heavy atom. The number of ether oxygens (including phenoxy) is 1. The number of fused-ring (bicyclic) bond motifs is 3. The quantitative estimate of drug-likeness (QED) is 0.643. The summed E-state index contributed by atoms with van der Waals surface area (Å²) in [5.74, 6) is 2.05. The Labute approximate surface area is 130 Å². The fourth-order valence-electron chi connectivity index (χ4n) is 3.81. The van der Waals surface area contributed by atoms with E-state index in [9.17, 15) is 5.11 Å². The molecular weight excluding hydrogens is 274 g/mol. The lowest BCUT2D eigenvalue weighted by molar-refractivity contribution is 0.380. The lowest BCUT2D eigenvalue weighted by Crippen LogP contribution is -2.29. The van der Waals surface area contributed by atoms with Crippen LogP contribution in [0.1, 0.15) is 29.5 Å². The second kappa shape index (κ2) is 5.09. The smallest absolute Gasteiger partial charge is 0.124 e. The van der Waals surface area contributed by atoms with E-state index in [2.05, 4.69) is 29.6 Å². The number of methoxy groups -OCH3 is 1. The molecule has 0 saturated carbocycles. The molecular formula is C19H19NO2. The fourth-order valence-corrected chi connectivity index (χ4v) is 3.81. The van der Waals surface area contributed by atoms with Gasteiger partial charge in [-0.1, -0.05) is 30.4 Å². The number of nitrogens with one attached hydrogen (secondary N) is 1. The Bertz CT molecular complexity index is 738. The fraction of sp³-hybridized carbons (Fsp3) is 0.263. The maximum Gasteiger partial charge on any atom is 0.124 e. The lowest BCUT2D eigenvalue weighted by Gasteiger charge is -2.38. The van der Waals surface area contributed by atoms with Gasteiger partial charge in [-0.05, 0) is 42.2 Å². The molecule has 112 valence electrons. The largest absolute Gasteiger partial charge is 0.508 e. The van der Waals surface area contributed by atoms with Crippen molar-refractivity contribution in [2.75, 3.05) is 12.4 Å². The molecule has 0 bridgehead atoms. The van der Waals surface area contributed by atoms with Crippen LogP contribution in [0.15, 0.2) is 54.6 Å². The Morgan fingerprint density at radius 2 is 2.00 bits per heavy atom. The maximum atomic E-state index is 9.80. The van der Waals surface area contributed by atoms with E-state index in [0.29, 0.717) is 17.6 Å². The van der Waals surface area contributed by atoms with Crippen molar-refractivity contribution in [3.63, 3.8) is 0 Å². The first-order valence-corrected chi connectivity index (χ1v) is 7.67. The van der Waals surface area contributed by atoms with Gasteiger partial charge in [0.25, 0.3) is 0 Å². The van der Waals surface area contributed by atoms with E-state index in [0.717, 1.165) is 17.9 Å². The van der Waals surface area contributed by atoms with Gasteiger partial charge in [-0.2, -0.15) is 0 Å². The molecule has 3 nitrogen and oxygen atoms in total. The standard InChI is InChI=1S/C19H19NO2/c1-22-18-8-3-2-5-15(18)19-14-7-4-6-13(14)16-11-12(21)9-10-17(16)20-19/h2-6,8-11,13-14,19-21H,7H2,1H3. The summed E-state index contributed by atoms with van der Waals surface area (Å²) in [5.41, 5.74) is 3.48. The monoisotopic (exact) mass is 293 g/mol. The van der Waals surface area contributed by atoms with Crippen LogP contribution in [0.5, 0.6) is 11.5 Å². The highest BCUT2D eigenvalue weighted by Crippen LogP contribution is 2.51. The van der Waals surface area contributed by atoms with Crippen LogP contribution in [0.25, 0.3) is 0 Å². The van der Waals surface area contributed by atoms with E-state index >= 15 is 0 Å². The van der Waals surface area contributed by atoms with E-state index in [-0.39, 0.29) is 6.04 Å². The van der Waals surface area contributed by atoms with Gasteiger partial charge in [-0.15, -0.1) is 0 Å². The Hall–Kier alpha value is -2.42. The molecule has 2 N–H and O–H groups in total. The molecule has 0 amide bonds. The van der Waals surface area contributed by atoms with Crippen molar-refractivity contribution in [2.45, 2.75) is 18.4 Å². The highest BCUT2D eigenvalue weighted by molar-refractivity contribution is 5.62. The summed E-state index contributed by atoms with van der Waals surface area (Å²) in [6.07, 6.45) is 5.56. The van der Waals surface area contributed by atoms with Crippen molar-refractivity contribution in [2.24, 2.45) is 5.92 Å². The average molecular weight is 293 g/mol. The first-order chi connectivity index (χ1) is 10.8. The van der Waals surface area contributed by atoms with Gasteiger partial charge in [-0.3, -0.25) is 0 Å².